The molecule has 26 heavy (non-hydrogen) atoms. The molecule has 0 aliphatic carbocycles. The Kier molecular flexibility index (Phi) is 10.5. The Balaban J connectivity index is 0.00000338. The molecule has 1 N–H and O–H groups in total. The lowest BCUT2D eigenvalue weighted by atomic mass is 10.3. The van der Waals surface area contributed by atoms with Crippen molar-refractivity contribution in [3.05, 3.63) is 46.2 Å². The molecular weight excluding hydrogens is 466 g/mol. The summed E-state index contributed by atoms with van der Waals surface area (Å²) < 4.78 is 19.0. The summed E-state index contributed by atoms with van der Waals surface area (Å²) in [6.45, 7) is 6.53. The van der Waals surface area contributed by atoms with E-state index in [1.165, 1.54) is 10.9 Å². The van der Waals surface area contributed by atoms with Gasteiger partial charge in [-0.3, -0.25) is 4.99 Å². The number of para-hydroxylation sites is 1. The molecule has 1 aromatic heterocycles. The van der Waals surface area contributed by atoms with Gasteiger partial charge in [-0.15, -0.1) is 35.3 Å². The number of rotatable bonds is 8. The van der Waals surface area contributed by atoms with Crippen LogP contribution in [0, 0.1) is 12.7 Å². The molecule has 0 aliphatic rings. The second-order valence-corrected chi connectivity index (χ2v) is 6.87. The Hall–Kier alpha value is -1.42. The van der Waals surface area contributed by atoms with Crippen molar-refractivity contribution in [2.24, 2.45) is 4.99 Å². The van der Waals surface area contributed by atoms with Crippen LogP contribution in [-0.2, 0) is 6.42 Å². The normalized spacial score (nSPS) is 11.0. The molecule has 0 saturated heterocycles. The van der Waals surface area contributed by atoms with E-state index in [0.29, 0.717) is 19.7 Å². The van der Waals surface area contributed by atoms with Crippen LogP contribution in [0.3, 0.4) is 0 Å². The van der Waals surface area contributed by atoms with E-state index in [0.717, 1.165) is 23.9 Å². The number of ether oxygens (including phenoxy) is 1. The Morgan fingerprint density at radius 3 is 2.81 bits per heavy atom. The molecule has 2 aromatic rings. The van der Waals surface area contributed by atoms with E-state index >= 15 is 0 Å². The fourth-order valence-electron chi connectivity index (χ4n) is 2.20. The molecule has 0 fully saturated rings. The van der Waals surface area contributed by atoms with Crippen LogP contribution in [0.2, 0.25) is 0 Å². The van der Waals surface area contributed by atoms with Crippen LogP contribution in [0.15, 0.2) is 35.5 Å². The zero-order valence-corrected chi connectivity index (χ0v) is 18.5. The fraction of sp³-hybridized carbons (Fsp3) is 0.444. The molecule has 0 amide bonds. The van der Waals surface area contributed by atoms with Crippen LogP contribution < -0.4 is 10.1 Å². The molecule has 1 aromatic carbocycles. The fourth-order valence-corrected chi connectivity index (χ4v) is 2.98. The molecule has 0 aliphatic heterocycles. The van der Waals surface area contributed by atoms with Gasteiger partial charge >= 0.3 is 0 Å². The second-order valence-electron chi connectivity index (χ2n) is 5.55. The number of aryl methyl sites for hydroxylation is 1. The molecule has 0 bridgehead atoms. The van der Waals surface area contributed by atoms with Crippen LogP contribution >= 0.6 is 35.3 Å². The maximum absolute atomic E-state index is 13.5. The van der Waals surface area contributed by atoms with Gasteiger partial charge in [0.15, 0.2) is 17.5 Å². The summed E-state index contributed by atoms with van der Waals surface area (Å²) in [5.41, 5.74) is 0. The first-order chi connectivity index (χ1) is 12.1. The number of nitrogens with one attached hydrogen (secondary N) is 1. The second kappa shape index (κ2) is 12.1. The Bertz CT molecular complexity index is 695. The van der Waals surface area contributed by atoms with Crippen molar-refractivity contribution in [2.75, 3.05) is 33.3 Å². The van der Waals surface area contributed by atoms with Gasteiger partial charge in [0.1, 0.15) is 6.61 Å². The molecule has 0 radical (unpaired) electrons. The minimum absolute atomic E-state index is 0. The predicted molar refractivity (Wildman–Crippen MR) is 116 cm³/mol. The number of guanidine groups is 1. The molecule has 8 heteroatoms. The number of aromatic nitrogens is 1. The van der Waals surface area contributed by atoms with Gasteiger partial charge in [0.05, 0.1) is 11.6 Å². The lowest BCUT2D eigenvalue weighted by Gasteiger charge is -2.22. The molecule has 2 rings (SSSR count). The third kappa shape index (κ3) is 7.45. The number of hydrogen-bond acceptors (Lipinski definition) is 4. The van der Waals surface area contributed by atoms with Crippen LogP contribution in [0.4, 0.5) is 4.39 Å². The monoisotopic (exact) mass is 492 g/mol. The van der Waals surface area contributed by atoms with Gasteiger partial charge in [0.2, 0.25) is 0 Å². The van der Waals surface area contributed by atoms with E-state index < -0.39 is 0 Å². The highest BCUT2D eigenvalue weighted by Gasteiger charge is 2.07. The SMILES string of the molecule is CCNC(=NCCc1ncc(C)s1)N(C)CCOc1ccccc1F.I. The summed E-state index contributed by atoms with van der Waals surface area (Å²) in [7, 11) is 1.94. The Labute approximate surface area is 175 Å². The highest BCUT2D eigenvalue weighted by atomic mass is 127. The molecule has 0 unspecified atom stereocenters. The molecule has 5 nitrogen and oxygen atoms in total. The zero-order chi connectivity index (χ0) is 18.1. The van der Waals surface area contributed by atoms with E-state index in [1.807, 2.05) is 25.1 Å². The van der Waals surface area contributed by atoms with Crippen LogP contribution in [-0.4, -0.2) is 49.1 Å². The van der Waals surface area contributed by atoms with Gasteiger partial charge in [-0.1, -0.05) is 12.1 Å². The van der Waals surface area contributed by atoms with Crippen molar-refractivity contribution >= 4 is 41.3 Å². The van der Waals surface area contributed by atoms with Gasteiger partial charge in [-0.05, 0) is 26.0 Å². The minimum atomic E-state index is -0.343. The van der Waals surface area contributed by atoms with Crippen molar-refractivity contribution < 1.29 is 9.13 Å². The molecule has 144 valence electrons. The van der Waals surface area contributed by atoms with Crippen molar-refractivity contribution in [1.82, 2.24) is 15.2 Å². The average molecular weight is 492 g/mol. The predicted octanol–water partition coefficient (Wildman–Crippen LogP) is 3.73. The first-order valence-electron chi connectivity index (χ1n) is 8.38. The zero-order valence-electron chi connectivity index (χ0n) is 15.4. The number of benzene rings is 1. The Morgan fingerprint density at radius 1 is 1.38 bits per heavy atom. The number of hydrogen-bond donors (Lipinski definition) is 1. The van der Waals surface area contributed by atoms with E-state index in [4.69, 9.17) is 4.74 Å². The van der Waals surface area contributed by atoms with E-state index in [-0.39, 0.29) is 35.5 Å². The molecule has 0 saturated carbocycles. The lowest BCUT2D eigenvalue weighted by molar-refractivity contribution is 0.270. The number of aliphatic imine (C=N–C) groups is 1. The van der Waals surface area contributed by atoms with Crippen LogP contribution in [0.1, 0.15) is 16.8 Å². The van der Waals surface area contributed by atoms with Crippen molar-refractivity contribution in [1.29, 1.82) is 0 Å². The first-order valence-corrected chi connectivity index (χ1v) is 9.20. The molecule has 1 heterocycles. The Morgan fingerprint density at radius 2 is 2.15 bits per heavy atom. The number of likely N-dealkylation sites (N-methyl/N-ethyl adjacent to an activating group) is 1. The number of nitrogens with zero attached hydrogens (tertiary/aromatic N) is 3. The highest BCUT2D eigenvalue weighted by molar-refractivity contribution is 14.0. The average Bonchev–Trinajstić information content (AvgIpc) is 3.01. The lowest BCUT2D eigenvalue weighted by Crippen LogP contribution is -2.41. The standard InChI is InChI=1S/C18H25FN4OS.HI/c1-4-20-18(21-10-9-17-22-13-14(2)25-17)23(3)11-12-24-16-8-6-5-7-15(16)19;/h5-8,13H,4,9-12H2,1-3H3,(H,20,21);1H. The highest BCUT2D eigenvalue weighted by Crippen LogP contribution is 2.15. The van der Waals surface area contributed by atoms with Crippen LogP contribution in [0.25, 0.3) is 0 Å². The summed E-state index contributed by atoms with van der Waals surface area (Å²) in [6.07, 6.45) is 2.72. The number of halogens is 2. The van der Waals surface area contributed by atoms with E-state index in [1.54, 1.807) is 29.5 Å². The third-order valence-electron chi connectivity index (χ3n) is 3.47. The van der Waals surface area contributed by atoms with E-state index in [9.17, 15) is 4.39 Å². The topological polar surface area (TPSA) is 49.8 Å². The summed E-state index contributed by atoms with van der Waals surface area (Å²) in [5, 5.41) is 4.36. The van der Waals surface area contributed by atoms with Crippen molar-refractivity contribution in [3.63, 3.8) is 0 Å². The van der Waals surface area contributed by atoms with Gasteiger partial charge < -0.3 is 15.0 Å². The summed E-state index contributed by atoms with van der Waals surface area (Å²) in [6, 6.07) is 6.43. The van der Waals surface area contributed by atoms with Gasteiger partial charge in [-0.25, -0.2) is 9.37 Å². The minimum Gasteiger partial charge on any atom is -0.489 e. The smallest absolute Gasteiger partial charge is 0.193 e. The maximum atomic E-state index is 13.5. The molecule has 0 spiro atoms. The summed E-state index contributed by atoms with van der Waals surface area (Å²) >= 11 is 1.70. The van der Waals surface area contributed by atoms with Gasteiger partial charge in [-0.2, -0.15) is 0 Å². The van der Waals surface area contributed by atoms with Crippen molar-refractivity contribution in [3.8, 4) is 5.75 Å². The first kappa shape index (κ1) is 22.6. The quantitative estimate of drug-likeness (QED) is 0.347. The van der Waals surface area contributed by atoms with Crippen molar-refractivity contribution in [2.45, 2.75) is 20.3 Å². The third-order valence-corrected chi connectivity index (χ3v) is 4.45. The molecule has 0 atom stereocenters. The largest absolute Gasteiger partial charge is 0.489 e. The summed E-state index contributed by atoms with van der Waals surface area (Å²) in [4.78, 5) is 12.2. The number of thiazole rings is 1. The maximum Gasteiger partial charge on any atom is 0.193 e. The van der Waals surface area contributed by atoms with E-state index in [2.05, 4.69) is 22.2 Å². The van der Waals surface area contributed by atoms with Gasteiger partial charge in [0, 0.05) is 37.6 Å². The summed E-state index contributed by atoms with van der Waals surface area (Å²) in [5.74, 6) is 0.745. The van der Waals surface area contributed by atoms with Crippen LogP contribution in [0.5, 0.6) is 5.75 Å². The molecular formula is C18H26FIN4OS. The van der Waals surface area contributed by atoms with Gasteiger partial charge in [0.25, 0.3) is 0 Å².